The van der Waals surface area contributed by atoms with E-state index < -0.39 is 18.1 Å². The van der Waals surface area contributed by atoms with Crippen LogP contribution in [0.1, 0.15) is 440 Å². The van der Waals surface area contributed by atoms with Gasteiger partial charge in [-0.3, -0.25) is 38.8 Å². The molecule has 0 saturated carbocycles. The first-order valence-corrected chi connectivity index (χ1v) is 50.2. The summed E-state index contributed by atoms with van der Waals surface area (Å²) in [6.07, 6.45) is 89.5. The standard InChI is InChI=1S/C55H96N6O4.C50H84N2O6/c1-4-6-8-10-12-14-16-18-20-22-24-26-28-30-32-37-52(62)60-47-51(61-53(63)38-33-31-29-27-25-23-21-19-17-15-13-11-9-7-5-2)55(65)59-45-44-57-46-49-39-41-50(42-40-49)54(64)58-43-35-34-36-48(3)56;1-3-5-7-9-11-13-15-17-19-21-23-25-27-29-31-33-48(53)57-42-46(41-52-40-45-37-35-44(36-38-45)39-47(51)50(55)56)43-58-49(54)34-32-30-28-26-24-22-20-18-16-14-12-10-8-6-4-2/h18-21,39-42,46,48,51H,4-17,22-38,43-45,47,56H2,1-3H3,(H,58,64)(H,59,65)(H,60,62)(H,61,63);17-20,35-38,40,46-47H,3-16,21-34,39,41-43,51H2,1-2H3,(H,55,56)/p+1/b20-18-,21-19-,57-46?;19-17-,20-18-,52-40?. The SMILES string of the molecule is CCCCCCCC/C=C\CCCCCCCC(=O)NCC(NC(=O)CCCCCCC/C=C\CCCCCCCC)C(=O)NCCN=Cc1ccc(C(=O)NCCCCC(C)[NH3+])cc1.CCCCCCCC/C=C\CCCCCCCC(=O)OCC(CN=Cc1ccc(CC([NH3+])C(=O)[O-])cc1)COC(=O)CCCCCCC/C=C\CCCCCCCC. The molecule has 123 heavy (non-hydrogen) atoms. The number of allylic oxidation sites excluding steroid dienone is 8. The summed E-state index contributed by atoms with van der Waals surface area (Å²) in [4.78, 5) is 96.9. The van der Waals surface area contributed by atoms with Crippen LogP contribution in [-0.2, 0) is 44.7 Å². The molecule has 0 aliphatic rings. The highest BCUT2D eigenvalue weighted by Gasteiger charge is 2.22. The number of hydrogen-bond donors (Lipinski definition) is 6. The third-order valence-electron chi connectivity index (χ3n) is 22.5. The van der Waals surface area contributed by atoms with Gasteiger partial charge < -0.3 is 52.1 Å². The summed E-state index contributed by atoms with van der Waals surface area (Å²) in [6, 6.07) is 13.5. The minimum Gasteiger partial charge on any atom is -0.544 e. The van der Waals surface area contributed by atoms with Crippen molar-refractivity contribution in [3.8, 4) is 0 Å². The summed E-state index contributed by atoms with van der Waals surface area (Å²) in [5, 5.41) is 22.7. The summed E-state index contributed by atoms with van der Waals surface area (Å²) in [6.45, 7) is 13.1. The molecular formula is C105H181N8O10+. The Hall–Kier alpha value is -7.05. The number of rotatable bonds is 84. The number of unbranched alkanes of at least 4 members (excludes halogenated alkanes) is 45. The van der Waals surface area contributed by atoms with Gasteiger partial charge in [0, 0.05) is 82.2 Å². The van der Waals surface area contributed by atoms with E-state index in [2.05, 4.69) is 126 Å². The van der Waals surface area contributed by atoms with E-state index in [-0.39, 0.29) is 67.8 Å². The van der Waals surface area contributed by atoms with Crippen molar-refractivity contribution in [2.45, 2.75) is 438 Å². The van der Waals surface area contributed by atoms with Gasteiger partial charge in [-0.1, -0.05) is 318 Å². The van der Waals surface area contributed by atoms with Crippen LogP contribution < -0.4 is 37.8 Å². The van der Waals surface area contributed by atoms with Crippen LogP contribution in [0.3, 0.4) is 0 Å². The molecular weight excluding hydrogens is 1530 g/mol. The van der Waals surface area contributed by atoms with Gasteiger partial charge >= 0.3 is 11.9 Å². The summed E-state index contributed by atoms with van der Waals surface area (Å²) in [5.74, 6) is -2.56. The van der Waals surface area contributed by atoms with Gasteiger partial charge in [-0.2, -0.15) is 0 Å². The Morgan fingerprint density at radius 1 is 0.390 bits per heavy atom. The zero-order chi connectivity index (χ0) is 89.4. The first kappa shape index (κ1) is 114. The van der Waals surface area contributed by atoms with Crippen molar-refractivity contribution in [3.63, 3.8) is 0 Å². The summed E-state index contributed by atoms with van der Waals surface area (Å²) in [5.41, 5.74) is 10.8. The van der Waals surface area contributed by atoms with Crippen LogP contribution in [0.25, 0.3) is 0 Å². The maximum atomic E-state index is 13.3. The fourth-order valence-corrected chi connectivity index (χ4v) is 14.5. The maximum absolute atomic E-state index is 13.3. The normalized spacial score (nSPS) is 12.5. The molecule has 0 heterocycles. The lowest BCUT2D eigenvalue weighted by Crippen LogP contribution is -2.69. The number of quaternary nitrogens is 2. The van der Waals surface area contributed by atoms with Gasteiger partial charge in [0.25, 0.3) is 5.91 Å². The van der Waals surface area contributed by atoms with E-state index in [0.29, 0.717) is 63.3 Å². The molecule has 0 aliphatic carbocycles. The lowest BCUT2D eigenvalue weighted by Gasteiger charge is -2.19. The average Bonchev–Trinajstić information content (AvgIpc) is 0.898. The Balaban J connectivity index is 0.00000124. The van der Waals surface area contributed by atoms with Gasteiger partial charge in [-0.15, -0.1) is 0 Å². The third kappa shape index (κ3) is 77.1. The first-order chi connectivity index (χ1) is 60.1. The molecule has 2 rings (SSSR count). The highest BCUT2D eigenvalue weighted by molar-refractivity contribution is 5.95. The van der Waals surface area contributed by atoms with E-state index in [1.54, 1.807) is 24.6 Å². The van der Waals surface area contributed by atoms with Crippen LogP contribution >= 0.6 is 0 Å². The molecule has 700 valence electrons. The largest absolute Gasteiger partial charge is 0.544 e. The van der Waals surface area contributed by atoms with Crippen molar-refractivity contribution >= 4 is 54.0 Å². The number of carbonyl (C=O) groups excluding carboxylic acids is 7. The van der Waals surface area contributed by atoms with Crippen molar-refractivity contribution < 1.29 is 59.6 Å². The van der Waals surface area contributed by atoms with Crippen LogP contribution in [0.15, 0.2) is 107 Å². The number of amides is 4. The molecule has 0 saturated heterocycles. The highest BCUT2D eigenvalue weighted by atomic mass is 16.5. The average molecular weight is 1720 g/mol. The number of ether oxygens (including phenoxy) is 2. The number of carboxylic acids is 1. The molecule has 0 spiro atoms. The second-order valence-electron chi connectivity index (χ2n) is 34.8. The number of carbonyl (C=O) groups is 7. The smallest absolute Gasteiger partial charge is 0.305 e. The molecule has 2 aromatic rings. The lowest BCUT2D eigenvalue weighted by atomic mass is 10.1. The van der Waals surface area contributed by atoms with Crippen LogP contribution in [0, 0.1) is 5.92 Å². The Bertz CT molecular complexity index is 2980. The van der Waals surface area contributed by atoms with Crippen LogP contribution in [0.5, 0.6) is 0 Å². The van der Waals surface area contributed by atoms with Gasteiger partial charge in [-0.25, -0.2) is 0 Å². The fraction of sp³-hybridized carbons (Fsp3) is 0.724. The van der Waals surface area contributed by atoms with Crippen molar-refractivity contribution in [2.75, 3.05) is 45.9 Å². The number of nitrogens with one attached hydrogen (secondary N) is 4. The monoisotopic (exact) mass is 1710 g/mol. The second kappa shape index (κ2) is 87.0. The maximum Gasteiger partial charge on any atom is 0.305 e. The van der Waals surface area contributed by atoms with Crippen molar-refractivity contribution in [1.29, 1.82) is 0 Å². The molecule has 0 aliphatic heterocycles. The zero-order valence-corrected chi connectivity index (χ0v) is 79.0. The number of esters is 2. The Morgan fingerprint density at radius 3 is 1.12 bits per heavy atom. The molecule has 10 N–H and O–H groups in total. The zero-order valence-electron chi connectivity index (χ0n) is 79.0. The van der Waals surface area contributed by atoms with Crippen molar-refractivity contribution in [1.82, 2.24) is 21.3 Å². The molecule has 0 bridgehead atoms. The second-order valence-corrected chi connectivity index (χ2v) is 34.8. The number of benzene rings is 2. The van der Waals surface area contributed by atoms with E-state index in [0.717, 1.165) is 145 Å². The molecule has 3 unspecified atom stereocenters. The number of carboxylic acid groups (broad SMARTS) is 1. The Morgan fingerprint density at radius 2 is 0.740 bits per heavy atom. The van der Waals surface area contributed by atoms with Crippen molar-refractivity contribution in [3.05, 3.63) is 119 Å². The molecule has 18 nitrogen and oxygen atoms in total. The topological polar surface area (TPSA) is 289 Å². The van der Waals surface area contributed by atoms with Crippen LogP contribution in [0.4, 0.5) is 0 Å². The van der Waals surface area contributed by atoms with Crippen LogP contribution in [-0.4, -0.2) is 118 Å². The number of aliphatic imine (C=N–C) groups is 2. The Labute approximate surface area is 749 Å². The van der Waals surface area contributed by atoms with E-state index in [4.69, 9.17) is 9.47 Å². The summed E-state index contributed by atoms with van der Waals surface area (Å²) < 4.78 is 11.3. The van der Waals surface area contributed by atoms with Gasteiger partial charge in [0.05, 0.1) is 31.8 Å². The molecule has 0 aromatic heterocycles. The van der Waals surface area contributed by atoms with E-state index in [9.17, 15) is 38.7 Å². The summed E-state index contributed by atoms with van der Waals surface area (Å²) in [7, 11) is 0. The van der Waals surface area contributed by atoms with Crippen molar-refractivity contribution in [2.24, 2.45) is 15.9 Å². The molecule has 0 fully saturated rings. The fourth-order valence-electron chi connectivity index (χ4n) is 14.5. The predicted molar refractivity (Wildman–Crippen MR) is 513 cm³/mol. The van der Waals surface area contributed by atoms with Gasteiger partial charge in [0.2, 0.25) is 17.7 Å². The molecule has 2 aromatic carbocycles. The quantitative estimate of drug-likeness (QED) is 0.0157. The summed E-state index contributed by atoms with van der Waals surface area (Å²) >= 11 is 0. The third-order valence-corrected chi connectivity index (χ3v) is 22.5. The Kier molecular flexibility index (Phi) is 80.6. The molecule has 18 heteroatoms. The van der Waals surface area contributed by atoms with Gasteiger partial charge in [0.15, 0.2) is 0 Å². The lowest BCUT2D eigenvalue weighted by molar-refractivity contribution is -0.437. The van der Waals surface area contributed by atoms with Gasteiger partial charge in [0.1, 0.15) is 12.1 Å². The number of nitrogens with zero attached hydrogens (tertiary/aromatic N) is 2. The van der Waals surface area contributed by atoms with E-state index in [1.807, 2.05) is 36.4 Å². The molecule has 4 amide bonds. The van der Waals surface area contributed by atoms with Crippen LogP contribution in [0.2, 0.25) is 0 Å². The van der Waals surface area contributed by atoms with Gasteiger partial charge in [-0.05, 0) is 183 Å². The van der Waals surface area contributed by atoms with E-state index in [1.165, 1.54) is 225 Å². The minimum atomic E-state index is -1.17. The predicted octanol–water partition coefficient (Wildman–Crippen LogP) is 22.2. The highest BCUT2D eigenvalue weighted by Crippen LogP contribution is 2.18. The number of aliphatic carboxylic acids is 1. The minimum absolute atomic E-state index is 0.0481. The van der Waals surface area contributed by atoms with E-state index >= 15 is 0 Å². The number of hydrogen-bond acceptors (Lipinski definition) is 12. The first-order valence-electron chi connectivity index (χ1n) is 50.2. The molecule has 3 atom stereocenters. The molecule has 0 radical (unpaired) electrons.